The molecular weight excluding hydrogens is 196 g/mol. The molecule has 1 amide bonds. The minimum Gasteiger partial charge on any atom is -0.353 e. The number of hydrogen-bond donors (Lipinski definition) is 2. The number of nitrogens with one attached hydrogen (secondary N) is 2. The fraction of sp³-hybridized carbons (Fsp3) is 0.900. The Morgan fingerprint density at radius 1 is 1.64 bits per heavy atom. The number of amides is 1. The summed E-state index contributed by atoms with van der Waals surface area (Å²) in [7, 11) is 0. The van der Waals surface area contributed by atoms with Crippen LogP contribution in [0.25, 0.3) is 0 Å². The fourth-order valence-electron chi connectivity index (χ4n) is 1.50. The summed E-state index contributed by atoms with van der Waals surface area (Å²) in [5, 5.41) is 6.25. The summed E-state index contributed by atoms with van der Waals surface area (Å²) < 4.78 is 0. The van der Waals surface area contributed by atoms with Crippen LogP contribution in [0.2, 0.25) is 0 Å². The maximum absolute atomic E-state index is 11.5. The number of carbonyl (C=O) groups is 1. The molecule has 1 aliphatic heterocycles. The maximum Gasteiger partial charge on any atom is 0.220 e. The molecule has 0 aromatic carbocycles. The fourth-order valence-corrected chi connectivity index (χ4v) is 2.23. The molecule has 14 heavy (non-hydrogen) atoms. The Kier molecular flexibility index (Phi) is 5.33. The Hall–Kier alpha value is -0.220. The largest absolute Gasteiger partial charge is 0.353 e. The van der Waals surface area contributed by atoms with Gasteiger partial charge in [-0.3, -0.25) is 4.79 Å². The lowest BCUT2D eigenvalue weighted by molar-refractivity contribution is -0.122. The quantitative estimate of drug-likeness (QED) is 0.692. The van der Waals surface area contributed by atoms with Crippen molar-refractivity contribution >= 4 is 17.7 Å². The maximum atomic E-state index is 11.5. The van der Waals surface area contributed by atoms with Gasteiger partial charge in [-0.1, -0.05) is 6.92 Å². The molecule has 2 N–H and O–H groups in total. The molecule has 0 radical (unpaired) electrons. The summed E-state index contributed by atoms with van der Waals surface area (Å²) >= 11 is 1.79. The van der Waals surface area contributed by atoms with Crippen molar-refractivity contribution in [3.8, 4) is 0 Å². The van der Waals surface area contributed by atoms with E-state index in [0.29, 0.717) is 18.4 Å². The lowest BCUT2D eigenvalue weighted by Crippen LogP contribution is -2.46. The lowest BCUT2D eigenvalue weighted by atomic mass is 9.99. The molecule has 0 aromatic heterocycles. The van der Waals surface area contributed by atoms with E-state index in [4.69, 9.17) is 0 Å². The third-order valence-electron chi connectivity index (χ3n) is 2.57. The Morgan fingerprint density at radius 3 is 2.79 bits per heavy atom. The second-order valence-electron chi connectivity index (χ2n) is 3.86. The number of hydrogen-bond acceptors (Lipinski definition) is 3. The van der Waals surface area contributed by atoms with Crippen molar-refractivity contribution in [3.05, 3.63) is 0 Å². The van der Waals surface area contributed by atoms with Crippen LogP contribution in [0.4, 0.5) is 0 Å². The first-order valence-corrected chi connectivity index (χ1v) is 6.64. The average molecular weight is 216 g/mol. The van der Waals surface area contributed by atoms with Crippen molar-refractivity contribution < 1.29 is 4.79 Å². The van der Waals surface area contributed by atoms with Gasteiger partial charge in [-0.15, -0.1) is 0 Å². The van der Waals surface area contributed by atoms with Crippen LogP contribution in [0.5, 0.6) is 0 Å². The van der Waals surface area contributed by atoms with Crippen LogP contribution in [0, 0.1) is 5.92 Å². The topological polar surface area (TPSA) is 41.1 Å². The van der Waals surface area contributed by atoms with E-state index in [-0.39, 0.29) is 5.91 Å². The van der Waals surface area contributed by atoms with Gasteiger partial charge in [0.15, 0.2) is 0 Å². The van der Waals surface area contributed by atoms with Crippen molar-refractivity contribution in [2.45, 2.75) is 25.8 Å². The molecule has 1 saturated heterocycles. The highest BCUT2D eigenvalue weighted by Gasteiger charge is 2.21. The molecule has 0 aromatic rings. The zero-order chi connectivity index (χ0) is 10.4. The lowest BCUT2D eigenvalue weighted by Gasteiger charge is -2.27. The van der Waals surface area contributed by atoms with Crippen LogP contribution in [0.3, 0.4) is 0 Å². The zero-order valence-electron chi connectivity index (χ0n) is 9.01. The van der Waals surface area contributed by atoms with Crippen LogP contribution in [0.1, 0.15) is 19.8 Å². The zero-order valence-corrected chi connectivity index (χ0v) is 9.82. The first kappa shape index (κ1) is 11.9. The van der Waals surface area contributed by atoms with Gasteiger partial charge in [0.05, 0.1) is 0 Å². The first-order valence-electron chi connectivity index (χ1n) is 5.25. The Morgan fingerprint density at radius 2 is 2.36 bits per heavy atom. The minimum absolute atomic E-state index is 0.220. The molecule has 1 aliphatic rings. The van der Waals surface area contributed by atoms with Gasteiger partial charge in [0, 0.05) is 18.2 Å². The van der Waals surface area contributed by atoms with Crippen molar-refractivity contribution in [3.63, 3.8) is 0 Å². The SMILES string of the molecule is CCC(CSC)NC(=O)CC1CNC1. The standard InChI is InChI=1S/C10H20N2OS/c1-3-9(7-14-2)12-10(13)4-8-5-11-6-8/h8-9,11H,3-7H2,1-2H3,(H,12,13). The molecule has 0 spiro atoms. The van der Waals surface area contributed by atoms with Gasteiger partial charge in [0.25, 0.3) is 0 Å². The Balaban J connectivity index is 2.15. The normalized spacial score (nSPS) is 18.7. The molecule has 1 unspecified atom stereocenters. The van der Waals surface area contributed by atoms with Crippen molar-refractivity contribution in [1.82, 2.24) is 10.6 Å². The van der Waals surface area contributed by atoms with E-state index in [9.17, 15) is 4.79 Å². The van der Waals surface area contributed by atoms with Crippen LogP contribution in [-0.2, 0) is 4.79 Å². The summed E-state index contributed by atoms with van der Waals surface area (Å²) in [5.74, 6) is 1.81. The molecule has 1 atom stereocenters. The van der Waals surface area contributed by atoms with Crippen molar-refractivity contribution in [2.24, 2.45) is 5.92 Å². The Labute approximate surface area is 90.4 Å². The molecule has 0 bridgehead atoms. The summed E-state index contributed by atoms with van der Waals surface area (Å²) in [6, 6.07) is 0.352. The molecule has 3 nitrogen and oxygen atoms in total. The van der Waals surface area contributed by atoms with Crippen molar-refractivity contribution in [2.75, 3.05) is 25.1 Å². The highest BCUT2D eigenvalue weighted by molar-refractivity contribution is 7.98. The van der Waals surface area contributed by atoms with Gasteiger partial charge in [0.2, 0.25) is 5.91 Å². The van der Waals surface area contributed by atoms with Gasteiger partial charge in [-0.05, 0) is 31.7 Å². The van der Waals surface area contributed by atoms with E-state index < -0.39 is 0 Å². The van der Waals surface area contributed by atoms with Crippen LogP contribution in [-0.4, -0.2) is 37.0 Å². The summed E-state index contributed by atoms with van der Waals surface area (Å²) in [4.78, 5) is 11.5. The second-order valence-corrected chi connectivity index (χ2v) is 4.77. The first-order chi connectivity index (χ1) is 6.76. The van der Waals surface area contributed by atoms with E-state index >= 15 is 0 Å². The average Bonchev–Trinajstić information content (AvgIpc) is 2.11. The summed E-state index contributed by atoms with van der Waals surface area (Å²) in [5.41, 5.74) is 0. The van der Waals surface area contributed by atoms with Gasteiger partial charge >= 0.3 is 0 Å². The summed E-state index contributed by atoms with van der Waals surface area (Å²) in [6.45, 7) is 4.13. The van der Waals surface area contributed by atoms with E-state index in [1.54, 1.807) is 11.8 Å². The molecule has 4 heteroatoms. The molecule has 1 heterocycles. The molecular formula is C10H20N2OS. The Bertz CT molecular complexity index is 183. The highest BCUT2D eigenvalue weighted by Crippen LogP contribution is 2.09. The van der Waals surface area contributed by atoms with Crippen molar-refractivity contribution in [1.29, 1.82) is 0 Å². The predicted molar refractivity (Wildman–Crippen MR) is 61.6 cm³/mol. The predicted octanol–water partition coefficient (Wildman–Crippen LogP) is 0.854. The molecule has 1 rings (SSSR count). The highest BCUT2D eigenvalue weighted by atomic mass is 32.2. The van der Waals surface area contributed by atoms with Gasteiger partial charge in [-0.2, -0.15) is 11.8 Å². The van der Waals surface area contributed by atoms with Crippen LogP contribution < -0.4 is 10.6 Å². The van der Waals surface area contributed by atoms with Gasteiger partial charge in [-0.25, -0.2) is 0 Å². The molecule has 0 aliphatic carbocycles. The third-order valence-corrected chi connectivity index (χ3v) is 3.30. The molecule has 1 fully saturated rings. The number of rotatable bonds is 6. The van der Waals surface area contributed by atoms with E-state index in [1.807, 2.05) is 0 Å². The van der Waals surface area contributed by atoms with E-state index in [0.717, 1.165) is 25.3 Å². The smallest absolute Gasteiger partial charge is 0.220 e. The van der Waals surface area contributed by atoms with Gasteiger partial charge in [0.1, 0.15) is 0 Å². The number of thioether (sulfide) groups is 1. The van der Waals surface area contributed by atoms with Crippen LogP contribution in [0.15, 0.2) is 0 Å². The third kappa shape index (κ3) is 3.88. The minimum atomic E-state index is 0.220. The van der Waals surface area contributed by atoms with Gasteiger partial charge < -0.3 is 10.6 Å². The number of carbonyl (C=O) groups excluding carboxylic acids is 1. The molecule has 82 valence electrons. The van der Waals surface area contributed by atoms with E-state index in [2.05, 4.69) is 23.8 Å². The second kappa shape index (κ2) is 6.30. The summed E-state index contributed by atoms with van der Waals surface area (Å²) in [6.07, 6.45) is 3.79. The monoisotopic (exact) mass is 216 g/mol. The van der Waals surface area contributed by atoms with E-state index in [1.165, 1.54) is 0 Å². The molecule has 0 saturated carbocycles. The van der Waals surface area contributed by atoms with Crippen LogP contribution >= 0.6 is 11.8 Å².